The van der Waals surface area contributed by atoms with Crippen molar-refractivity contribution >= 4 is 29.5 Å². The molecule has 0 unspecified atom stereocenters. The molecule has 0 radical (unpaired) electrons. The topological polar surface area (TPSA) is 117 Å². The number of methoxy groups -OCH3 is 2. The lowest BCUT2D eigenvalue weighted by Gasteiger charge is -2.12. The molecule has 0 bridgehead atoms. The maximum Gasteiger partial charge on any atom is 0.331 e. The molecule has 2 rings (SSSR count). The van der Waals surface area contributed by atoms with Gasteiger partial charge in [-0.3, -0.25) is 9.59 Å². The van der Waals surface area contributed by atoms with E-state index in [4.69, 9.17) is 19.9 Å². The molecule has 0 saturated carbocycles. The average Bonchev–Trinajstić information content (AvgIpc) is 2.72. The van der Waals surface area contributed by atoms with Crippen LogP contribution in [0.1, 0.15) is 22.8 Å². The molecule has 8 heteroatoms. The number of hydrogen-bond acceptors (Lipinski definition) is 6. The number of nitrogens with two attached hydrogens (primary N) is 1. The lowest BCUT2D eigenvalue weighted by molar-refractivity contribution is -0.148. The Balaban J connectivity index is 1.96. The SMILES string of the molecule is COc1ccc(OC)c(/C=C/C(=O)O[C@H](C)C(=O)Nc2ccc(C(N)=O)cc2)c1. The third-order valence-electron chi connectivity index (χ3n) is 3.93. The summed E-state index contributed by atoms with van der Waals surface area (Å²) in [5, 5.41) is 2.59. The molecule has 152 valence electrons. The molecule has 0 aliphatic heterocycles. The maximum absolute atomic E-state index is 12.2. The third kappa shape index (κ3) is 6.10. The minimum absolute atomic E-state index is 0.320. The predicted molar refractivity (Wildman–Crippen MR) is 108 cm³/mol. The van der Waals surface area contributed by atoms with Crippen LogP contribution >= 0.6 is 0 Å². The van der Waals surface area contributed by atoms with E-state index in [-0.39, 0.29) is 0 Å². The minimum atomic E-state index is -1.03. The first kappa shape index (κ1) is 21.5. The normalized spacial score (nSPS) is 11.6. The Morgan fingerprint density at radius 2 is 1.72 bits per heavy atom. The van der Waals surface area contributed by atoms with Crippen molar-refractivity contribution < 1.29 is 28.6 Å². The summed E-state index contributed by atoms with van der Waals surface area (Å²) in [6.07, 6.45) is 1.68. The van der Waals surface area contributed by atoms with Crippen LogP contribution in [0.25, 0.3) is 6.08 Å². The molecule has 29 heavy (non-hydrogen) atoms. The van der Waals surface area contributed by atoms with Gasteiger partial charge in [0.1, 0.15) is 11.5 Å². The summed E-state index contributed by atoms with van der Waals surface area (Å²) >= 11 is 0. The Kier molecular flexibility index (Phi) is 7.36. The highest BCUT2D eigenvalue weighted by Gasteiger charge is 2.17. The summed E-state index contributed by atoms with van der Waals surface area (Å²) in [5.41, 5.74) is 6.55. The fraction of sp³-hybridized carbons (Fsp3) is 0.190. The Morgan fingerprint density at radius 1 is 1.03 bits per heavy atom. The van der Waals surface area contributed by atoms with E-state index in [0.717, 1.165) is 0 Å². The monoisotopic (exact) mass is 398 g/mol. The number of anilines is 1. The largest absolute Gasteiger partial charge is 0.497 e. The number of benzene rings is 2. The van der Waals surface area contributed by atoms with Crippen molar-refractivity contribution in [1.82, 2.24) is 0 Å². The van der Waals surface area contributed by atoms with Gasteiger partial charge < -0.3 is 25.3 Å². The zero-order chi connectivity index (χ0) is 21.4. The average molecular weight is 398 g/mol. The molecule has 0 aliphatic carbocycles. The summed E-state index contributed by atoms with van der Waals surface area (Å²) in [6.45, 7) is 1.45. The second kappa shape index (κ2) is 9.93. The van der Waals surface area contributed by atoms with E-state index in [1.165, 1.54) is 57.6 Å². The lowest BCUT2D eigenvalue weighted by Crippen LogP contribution is -2.29. The number of carbonyl (C=O) groups is 3. The van der Waals surface area contributed by atoms with E-state index in [1.54, 1.807) is 18.2 Å². The first-order valence-electron chi connectivity index (χ1n) is 8.65. The van der Waals surface area contributed by atoms with Gasteiger partial charge in [-0.25, -0.2) is 4.79 Å². The Morgan fingerprint density at radius 3 is 2.31 bits per heavy atom. The smallest absolute Gasteiger partial charge is 0.331 e. The highest BCUT2D eigenvalue weighted by Crippen LogP contribution is 2.25. The van der Waals surface area contributed by atoms with Crippen molar-refractivity contribution in [2.75, 3.05) is 19.5 Å². The van der Waals surface area contributed by atoms with Gasteiger partial charge in [-0.15, -0.1) is 0 Å². The number of ether oxygens (including phenoxy) is 3. The number of hydrogen-bond donors (Lipinski definition) is 2. The molecular formula is C21H22N2O6. The van der Waals surface area contributed by atoms with E-state index in [0.29, 0.717) is 28.3 Å². The fourth-order valence-corrected chi connectivity index (χ4v) is 2.36. The Bertz CT molecular complexity index is 921. The number of primary amides is 1. The van der Waals surface area contributed by atoms with Gasteiger partial charge in [-0.1, -0.05) is 0 Å². The number of esters is 1. The maximum atomic E-state index is 12.2. The van der Waals surface area contributed by atoms with Crippen molar-refractivity contribution in [2.45, 2.75) is 13.0 Å². The standard InChI is InChI=1S/C21H22N2O6/c1-13(21(26)23-16-7-4-14(5-8-16)20(22)25)29-19(24)11-6-15-12-17(27-2)9-10-18(15)28-3/h4-13H,1-3H3,(H2,22,25)(H,23,26)/b11-6+/t13-/m1/s1. The van der Waals surface area contributed by atoms with Crippen LogP contribution in [-0.2, 0) is 14.3 Å². The van der Waals surface area contributed by atoms with Crippen LogP contribution in [0, 0.1) is 0 Å². The van der Waals surface area contributed by atoms with Crippen molar-refractivity contribution in [3.05, 3.63) is 59.7 Å². The number of amides is 2. The van der Waals surface area contributed by atoms with Gasteiger partial charge in [0, 0.05) is 22.9 Å². The van der Waals surface area contributed by atoms with E-state index >= 15 is 0 Å². The van der Waals surface area contributed by atoms with Gasteiger partial charge in [0.05, 0.1) is 14.2 Å². The Labute approximate surface area is 168 Å². The Hall–Kier alpha value is -3.81. The molecule has 1 atom stereocenters. The molecule has 8 nitrogen and oxygen atoms in total. The summed E-state index contributed by atoms with van der Waals surface area (Å²) in [6, 6.07) is 11.2. The van der Waals surface area contributed by atoms with Crippen LogP contribution in [0.4, 0.5) is 5.69 Å². The summed E-state index contributed by atoms with van der Waals surface area (Å²) in [7, 11) is 3.05. The van der Waals surface area contributed by atoms with Gasteiger partial charge in [-0.05, 0) is 55.5 Å². The van der Waals surface area contributed by atoms with Gasteiger partial charge in [0.25, 0.3) is 5.91 Å². The zero-order valence-corrected chi connectivity index (χ0v) is 16.3. The summed E-state index contributed by atoms with van der Waals surface area (Å²) in [5.74, 6) is -0.613. The van der Waals surface area contributed by atoms with Gasteiger partial charge in [0.2, 0.25) is 5.91 Å². The zero-order valence-electron chi connectivity index (χ0n) is 16.3. The molecule has 0 spiro atoms. The van der Waals surface area contributed by atoms with Crippen LogP contribution in [0.2, 0.25) is 0 Å². The van der Waals surface area contributed by atoms with Crippen molar-refractivity contribution in [3.63, 3.8) is 0 Å². The summed E-state index contributed by atoms with van der Waals surface area (Å²) in [4.78, 5) is 35.3. The van der Waals surface area contributed by atoms with E-state index in [2.05, 4.69) is 5.32 Å². The summed E-state index contributed by atoms with van der Waals surface area (Å²) < 4.78 is 15.5. The second-order valence-electron chi connectivity index (χ2n) is 5.95. The molecule has 2 amide bonds. The van der Waals surface area contributed by atoms with Crippen LogP contribution in [0.15, 0.2) is 48.5 Å². The number of rotatable bonds is 8. The molecule has 3 N–H and O–H groups in total. The quantitative estimate of drug-likeness (QED) is 0.521. The first-order chi connectivity index (χ1) is 13.8. The van der Waals surface area contributed by atoms with Crippen LogP contribution in [0.5, 0.6) is 11.5 Å². The van der Waals surface area contributed by atoms with Crippen LogP contribution in [-0.4, -0.2) is 38.1 Å². The fourth-order valence-electron chi connectivity index (χ4n) is 2.36. The van der Waals surface area contributed by atoms with Crippen molar-refractivity contribution in [1.29, 1.82) is 0 Å². The third-order valence-corrected chi connectivity index (χ3v) is 3.93. The molecule has 0 aromatic heterocycles. The highest BCUT2D eigenvalue weighted by atomic mass is 16.5. The number of nitrogens with one attached hydrogen (secondary N) is 1. The van der Waals surface area contributed by atoms with Crippen molar-refractivity contribution in [3.8, 4) is 11.5 Å². The van der Waals surface area contributed by atoms with Gasteiger partial charge >= 0.3 is 5.97 Å². The molecule has 0 fully saturated rings. The van der Waals surface area contributed by atoms with Crippen LogP contribution < -0.4 is 20.5 Å². The molecule has 2 aromatic carbocycles. The molecule has 0 aliphatic rings. The van der Waals surface area contributed by atoms with Crippen LogP contribution in [0.3, 0.4) is 0 Å². The van der Waals surface area contributed by atoms with Gasteiger partial charge in [0.15, 0.2) is 6.10 Å². The van der Waals surface area contributed by atoms with Crippen molar-refractivity contribution in [2.24, 2.45) is 5.73 Å². The van der Waals surface area contributed by atoms with E-state index < -0.39 is 23.9 Å². The molecule has 0 saturated heterocycles. The minimum Gasteiger partial charge on any atom is -0.497 e. The molecule has 2 aromatic rings. The lowest BCUT2D eigenvalue weighted by atomic mass is 10.1. The second-order valence-corrected chi connectivity index (χ2v) is 5.95. The predicted octanol–water partition coefficient (Wildman–Crippen LogP) is 2.39. The molecule has 0 heterocycles. The first-order valence-corrected chi connectivity index (χ1v) is 8.65. The van der Waals surface area contributed by atoms with E-state index in [9.17, 15) is 14.4 Å². The molecular weight excluding hydrogens is 376 g/mol. The van der Waals surface area contributed by atoms with Gasteiger partial charge in [-0.2, -0.15) is 0 Å². The highest BCUT2D eigenvalue weighted by molar-refractivity contribution is 5.97. The van der Waals surface area contributed by atoms with E-state index in [1.807, 2.05) is 0 Å². The number of carbonyl (C=O) groups excluding carboxylic acids is 3.